The molecule has 2 aromatic carbocycles. The van der Waals surface area contributed by atoms with Crippen molar-refractivity contribution in [2.24, 2.45) is 5.73 Å². The van der Waals surface area contributed by atoms with E-state index < -0.39 is 45.2 Å². The SMILES string of the molecule is CC(C)(C)n1nnc(-c2ccc3c(c2)N(Cc2ccc(OC(F)(F)F)cc2)C(=O)[C@@H](N)CS3(=O)=O)n1. The maximum Gasteiger partial charge on any atom is 0.573 e. The average Bonchev–Trinajstić information content (AvgIpc) is 3.25. The second-order valence-electron chi connectivity index (χ2n) is 9.26. The quantitative estimate of drug-likeness (QED) is 0.551. The molecule has 36 heavy (non-hydrogen) atoms. The Labute approximate surface area is 204 Å². The van der Waals surface area contributed by atoms with Gasteiger partial charge in [-0.05, 0) is 61.9 Å². The number of nitrogens with zero attached hydrogens (tertiary/aromatic N) is 5. The molecule has 1 aliphatic heterocycles. The van der Waals surface area contributed by atoms with Gasteiger partial charge in [0.05, 0.1) is 34.5 Å². The van der Waals surface area contributed by atoms with Gasteiger partial charge in [-0.15, -0.1) is 23.4 Å². The summed E-state index contributed by atoms with van der Waals surface area (Å²) < 4.78 is 67.3. The second-order valence-corrected chi connectivity index (χ2v) is 11.3. The number of nitrogens with two attached hydrogens (primary N) is 1. The number of fused-ring (bicyclic) bond motifs is 1. The lowest BCUT2D eigenvalue weighted by atomic mass is 10.1. The van der Waals surface area contributed by atoms with Crippen molar-refractivity contribution in [1.82, 2.24) is 20.2 Å². The summed E-state index contributed by atoms with van der Waals surface area (Å²) in [6, 6.07) is 7.91. The van der Waals surface area contributed by atoms with Gasteiger partial charge in [-0.25, -0.2) is 8.42 Å². The van der Waals surface area contributed by atoms with E-state index in [4.69, 9.17) is 5.73 Å². The molecule has 192 valence electrons. The van der Waals surface area contributed by atoms with Crippen molar-refractivity contribution in [3.05, 3.63) is 48.0 Å². The number of alkyl halides is 3. The van der Waals surface area contributed by atoms with Crippen molar-refractivity contribution < 1.29 is 31.1 Å². The Morgan fingerprint density at radius 1 is 1.11 bits per heavy atom. The number of sulfone groups is 1. The number of hydrogen-bond donors (Lipinski definition) is 1. The summed E-state index contributed by atoms with van der Waals surface area (Å²) in [6.45, 7) is 5.51. The van der Waals surface area contributed by atoms with Gasteiger partial charge in [-0.1, -0.05) is 12.1 Å². The van der Waals surface area contributed by atoms with Crippen molar-refractivity contribution >= 4 is 21.4 Å². The Morgan fingerprint density at radius 2 is 1.78 bits per heavy atom. The zero-order valence-corrected chi connectivity index (χ0v) is 20.3. The summed E-state index contributed by atoms with van der Waals surface area (Å²) in [6.07, 6.45) is -4.85. The number of hydrogen-bond acceptors (Lipinski definition) is 8. The molecule has 0 unspecified atom stereocenters. The van der Waals surface area contributed by atoms with Gasteiger partial charge in [0.15, 0.2) is 9.84 Å². The van der Waals surface area contributed by atoms with Crippen molar-refractivity contribution in [1.29, 1.82) is 0 Å². The number of ether oxygens (including phenoxy) is 1. The minimum Gasteiger partial charge on any atom is -0.406 e. The van der Waals surface area contributed by atoms with Crippen LogP contribution >= 0.6 is 0 Å². The van der Waals surface area contributed by atoms with Crippen LogP contribution in [-0.2, 0) is 26.7 Å². The van der Waals surface area contributed by atoms with E-state index in [1.807, 2.05) is 20.8 Å². The number of carbonyl (C=O) groups is 1. The van der Waals surface area contributed by atoms with Gasteiger partial charge < -0.3 is 15.4 Å². The molecule has 1 aromatic heterocycles. The number of amides is 1. The number of halogens is 3. The molecule has 0 radical (unpaired) electrons. The van der Waals surface area contributed by atoms with Crippen LogP contribution in [0.3, 0.4) is 0 Å². The van der Waals surface area contributed by atoms with Crippen LogP contribution in [0.2, 0.25) is 0 Å². The van der Waals surface area contributed by atoms with E-state index in [-0.39, 0.29) is 23.0 Å². The average molecular weight is 525 g/mol. The van der Waals surface area contributed by atoms with Crippen molar-refractivity contribution in [2.75, 3.05) is 10.7 Å². The highest BCUT2D eigenvalue weighted by Crippen LogP contribution is 2.35. The zero-order chi connectivity index (χ0) is 26.5. The normalized spacial score (nSPS) is 18.0. The van der Waals surface area contributed by atoms with Crippen molar-refractivity contribution in [3.63, 3.8) is 0 Å². The Kier molecular flexibility index (Phi) is 6.29. The first kappa shape index (κ1) is 25.6. The summed E-state index contributed by atoms with van der Waals surface area (Å²) in [7, 11) is -3.92. The van der Waals surface area contributed by atoms with E-state index in [1.54, 1.807) is 0 Å². The van der Waals surface area contributed by atoms with Crippen LogP contribution < -0.4 is 15.4 Å². The van der Waals surface area contributed by atoms with Crippen LogP contribution in [0.25, 0.3) is 11.4 Å². The van der Waals surface area contributed by atoms with E-state index in [0.29, 0.717) is 11.1 Å². The lowest BCUT2D eigenvalue weighted by Crippen LogP contribution is -2.45. The summed E-state index contributed by atoms with van der Waals surface area (Å²) in [5.41, 5.74) is 6.38. The first-order valence-electron chi connectivity index (χ1n) is 10.7. The minimum absolute atomic E-state index is 0.0631. The van der Waals surface area contributed by atoms with E-state index in [0.717, 1.165) is 12.1 Å². The van der Waals surface area contributed by atoms with Gasteiger partial charge in [-0.2, -0.15) is 4.80 Å². The highest BCUT2D eigenvalue weighted by atomic mass is 32.2. The predicted molar refractivity (Wildman–Crippen MR) is 123 cm³/mol. The Morgan fingerprint density at radius 3 is 2.36 bits per heavy atom. The molecule has 1 amide bonds. The monoisotopic (exact) mass is 524 g/mol. The highest BCUT2D eigenvalue weighted by molar-refractivity contribution is 7.91. The molecule has 2 heterocycles. The summed E-state index contributed by atoms with van der Waals surface area (Å²) >= 11 is 0. The van der Waals surface area contributed by atoms with Gasteiger partial charge in [-0.3, -0.25) is 4.79 Å². The van der Waals surface area contributed by atoms with Crippen LogP contribution in [0.1, 0.15) is 26.3 Å². The van der Waals surface area contributed by atoms with Gasteiger partial charge in [0, 0.05) is 5.56 Å². The number of benzene rings is 2. The largest absolute Gasteiger partial charge is 0.573 e. The summed E-state index contributed by atoms with van der Waals surface area (Å²) in [4.78, 5) is 15.7. The number of anilines is 1. The molecule has 1 atom stereocenters. The number of tetrazole rings is 1. The van der Waals surface area contributed by atoms with Gasteiger partial charge >= 0.3 is 6.36 Å². The predicted octanol–water partition coefficient (Wildman–Crippen LogP) is 2.64. The van der Waals surface area contributed by atoms with Crippen LogP contribution in [0.15, 0.2) is 47.4 Å². The maximum atomic E-state index is 13.2. The van der Waals surface area contributed by atoms with Crippen LogP contribution in [0.5, 0.6) is 5.75 Å². The molecule has 3 aromatic rings. The summed E-state index contributed by atoms with van der Waals surface area (Å²) in [5.74, 6) is -1.45. The molecule has 2 N–H and O–H groups in total. The minimum atomic E-state index is -4.85. The second kappa shape index (κ2) is 8.85. The third-order valence-electron chi connectivity index (χ3n) is 5.34. The van der Waals surface area contributed by atoms with Gasteiger partial charge in [0.1, 0.15) is 5.75 Å². The standard InChI is InChI=1S/C22H23F3N6O4S/c1-21(2,3)31-28-19(27-29-31)14-6-9-18-17(10-14)30(20(32)16(26)12-36(18,33)34)11-13-4-7-15(8-5-13)35-22(23,24)25/h4-10,16H,11-12,26H2,1-3H3/t16-/m0/s1. The molecular formula is C22H23F3N6O4S. The molecule has 0 spiro atoms. The molecule has 10 nitrogen and oxygen atoms in total. The molecule has 14 heteroatoms. The number of carbonyl (C=O) groups excluding carboxylic acids is 1. The number of aromatic nitrogens is 4. The van der Waals surface area contributed by atoms with Crippen LogP contribution in [0.4, 0.5) is 18.9 Å². The lowest BCUT2D eigenvalue weighted by Gasteiger charge is -2.24. The molecule has 0 fully saturated rings. The Hall–Kier alpha value is -3.52. The fraction of sp³-hybridized carbons (Fsp3) is 0.364. The molecule has 0 saturated carbocycles. The lowest BCUT2D eigenvalue weighted by molar-refractivity contribution is -0.274. The van der Waals surface area contributed by atoms with E-state index in [9.17, 15) is 26.4 Å². The van der Waals surface area contributed by atoms with E-state index >= 15 is 0 Å². The Balaban J connectivity index is 1.76. The fourth-order valence-corrected chi connectivity index (χ4v) is 5.16. The molecule has 0 bridgehead atoms. The first-order chi connectivity index (χ1) is 16.6. The van der Waals surface area contributed by atoms with Crippen LogP contribution in [0, 0.1) is 0 Å². The zero-order valence-electron chi connectivity index (χ0n) is 19.5. The van der Waals surface area contributed by atoms with Gasteiger partial charge in [0.25, 0.3) is 0 Å². The van der Waals surface area contributed by atoms with E-state index in [2.05, 4.69) is 20.1 Å². The molecule has 0 aliphatic carbocycles. The van der Waals surface area contributed by atoms with E-state index in [1.165, 1.54) is 40.0 Å². The smallest absolute Gasteiger partial charge is 0.406 e. The molecular weight excluding hydrogens is 501 g/mol. The third-order valence-corrected chi connectivity index (χ3v) is 7.15. The topological polar surface area (TPSA) is 133 Å². The fourth-order valence-electron chi connectivity index (χ4n) is 3.60. The first-order valence-corrected chi connectivity index (χ1v) is 12.4. The Bertz CT molecular complexity index is 1400. The van der Waals surface area contributed by atoms with Crippen LogP contribution in [-0.4, -0.2) is 52.7 Å². The maximum absolute atomic E-state index is 13.2. The summed E-state index contributed by atoms with van der Waals surface area (Å²) in [5, 5.41) is 12.4. The molecule has 4 rings (SSSR count). The highest BCUT2D eigenvalue weighted by Gasteiger charge is 2.36. The van der Waals surface area contributed by atoms with Gasteiger partial charge in [0.2, 0.25) is 11.7 Å². The molecule has 0 saturated heterocycles. The third kappa shape index (κ3) is 5.33. The van der Waals surface area contributed by atoms with Crippen molar-refractivity contribution in [3.8, 4) is 17.1 Å². The number of rotatable bonds is 4. The van der Waals surface area contributed by atoms with Crippen molar-refractivity contribution in [2.45, 2.75) is 50.2 Å². The molecule has 1 aliphatic rings.